The lowest BCUT2D eigenvalue weighted by molar-refractivity contribution is 1.00. The van der Waals surface area contributed by atoms with Crippen molar-refractivity contribution >= 4 is 21.9 Å². The Kier molecular flexibility index (Phi) is 3.69. The van der Waals surface area contributed by atoms with Crippen LogP contribution in [0.3, 0.4) is 0 Å². The summed E-state index contributed by atoms with van der Waals surface area (Å²) in [6.45, 7) is 0.480. The van der Waals surface area contributed by atoms with Crippen LogP contribution in [0.4, 0.5) is 0 Å². The predicted molar refractivity (Wildman–Crippen MR) is 110 cm³/mol. The van der Waals surface area contributed by atoms with Crippen molar-refractivity contribution in [3.05, 3.63) is 90.9 Å². The molecule has 3 aromatic carbocycles. The van der Waals surface area contributed by atoms with Gasteiger partial charge >= 0.3 is 0 Å². The third-order valence-electron chi connectivity index (χ3n) is 4.95. The van der Waals surface area contributed by atoms with Gasteiger partial charge in [0.1, 0.15) is 11.8 Å². The second-order valence-corrected chi connectivity index (χ2v) is 6.54. The molecular formula is C23H18N4. The summed E-state index contributed by atoms with van der Waals surface area (Å²) in [5.74, 6) is 0. The topological polar surface area (TPSA) is 56.7 Å². The predicted octanol–water partition coefficient (Wildman–Crippen LogP) is 4.70. The molecule has 0 unspecified atom stereocenters. The number of aromatic nitrogens is 3. The highest BCUT2D eigenvalue weighted by Crippen LogP contribution is 2.30. The molecule has 2 aromatic heterocycles. The Morgan fingerprint density at radius 1 is 0.778 bits per heavy atom. The van der Waals surface area contributed by atoms with E-state index < -0.39 is 0 Å². The number of fused-ring (bicyclic) bond motifs is 3. The second kappa shape index (κ2) is 6.34. The highest BCUT2D eigenvalue weighted by molar-refractivity contribution is 6.04. The van der Waals surface area contributed by atoms with E-state index in [0.29, 0.717) is 6.54 Å². The minimum atomic E-state index is 0.480. The first-order valence-corrected chi connectivity index (χ1v) is 8.95. The lowest BCUT2D eigenvalue weighted by Crippen LogP contribution is -2.03. The Labute approximate surface area is 156 Å². The van der Waals surface area contributed by atoms with E-state index in [0.717, 1.165) is 38.8 Å². The van der Waals surface area contributed by atoms with Crippen molar-refractivity contribution in [3.8, 4) is 16.8 Å². The van der Waals surface area contributed by atoms with E-state index in [1.807, 2.05) is 30.7 Å². The summed E-state index contributed by atoms with van der Waals surface area (Å²) >= 11 is 0. The van der Waals surface area contributed by atoms with Crippen LogP contribution in [0.1, 0.15) is 5.56 Å². The van der Waals surface area contributed by atoms with Crippen molar-refractivity contribution in [2.75, 3.05) is 0 Å². The molecule has 5 rings (SSSR count). The van der Waals surface area contributed by atoms with Crippen LogP contribution in [0.25, 0.3) is 38.8 Å². The number of hydrogen-bond donors (Lipinski definition) is 1. The zero-order chi connectivity index (χ0) is 18.2. The fourth-order valence-electron chi connectivity index (χ4n) is 3.60. The molecular weight excluding hydrogens is 332 g/mol. The smallest absolute Gasteiger partial charge is 0.108 e. The van der Waals surface area contributed by atoms with Crippen LogP contribution in [0.15, 0.2) is 85.3 Å². The summed E-state index contributed by atoms with van der Waals surface area (Å²) in [5, 5.41) is 1.08. The molecule has 0 aliphatic rings. The van der Waals surface area contributed by atoms with Gasteiger partial charge in [0, 0.05) is 11.9 Å². The van der Waals surface area contributed by atoms with E-state index in [1.54, 1.807) is 0 Å². The van der Waals surface area contributed by atoms with Gasteiger partial charge in [0.05, 0.1) is 22.9 Å². The van der Waals surface area contributed by atoms with Gasteiger partial charge in [-0.2, -0.15) is 0 Å². The van der Waals surface area contributed by atoms with Gasteiger partial charge in [0.25, 0.3) is 0 Å². The fraction of sp³-hybridized carbons (Fsp3) is 0.0435. The van der Waals surface area contributed by atoms with E-state index in [9.17, 15) is 0 Å². The zero-order valence-electron chi connectivity index (χ0n) is 14.7. The molecule has 4 nitrogen and oxygen atoms in total. The summed E-state index contributed by atoms with van der Waals surface area (Å²) in [4.78, 5) is 9.18. The average molecular weight is 350 g/mol. The molecule has 130 valence electrons. The number of hydrogen-bond acceptors (Lipinski definition) is 3. The standard InChI is InChI=1S/C23H18N4/c24-13-18-8-4-5-9-22(18)27-15-26-21-14-25-20-11-10-17(12-19(20)23(21)27)16-6-2-1-3-7-16/h1-12,14-15H,13,24H2. The van der Waals surface area contributed by atoms with Crippen molar-refractivity contribution < 1.29 is 0 Å². The highest BCUT2D eigenvalue weighted by atomic mass is 15.1. The first kappa shape index (κ1) is 15.7. The number of benzene rings is 3. The molecule has 0 saturated carbocycles. The molecule has 27 heavy (non-hydrogen) atoms. The van der Waals surface area contributed by atoms with Crippen molar-refractivity contribution in [1.29, 1.82) is 0 Å². The summed E-state index contributed by atoms with van der Waals surface area (Å²) in [5.41, 5.74) is 13.3. The van der Waals surface area contributed by atoms with E-state index in [4.69, 9.17) is 5.73 Å². The SMILES string of the molecule is NCc1ccccc1-n1cnc2cnc3ccc(-c4ccccc4)cc3c21. The van der Waals surface area contributed by atoms with Gasteiger partial charge in [0.15, 0.2) is 0 Å². The molecule has 0 atom stereocenters. The van der Waals surface area contributed by atoms with Crippen LogP contribution in [0.5, 0.6) is 0 Å². The van der Waals surface area contributed by atoms with Gasteiger partial charge < -0.3 is 5.73 Å². The van der Waals surface area contributed by atoms with E-state index in [1.165, 1.54) is 5.56 Å². The maximum atomic E-state index is 5.97. The molecule has 4 heteroatoms. The molecule has 0 aliphatic heterocycles. The van der Waals surface area contributed by atoms with Crippen LogP contribution in [-0.2, 0) is 6.54 Å². The number of pyridine rings is 1. The van der Waals surface area contributed by atoms with Crippen LogP contribution in [0, 0.1) is 0 Å². The molecule has 2 heterocycles. The third kappa shape index (κ3) is 2.58. The summed E-state index contributed by atoms with van der Waals surface area (Å²) in [7, 11) is 0. The molecule has 2 N–H and O–H groups in total. The zero-order valence-corrected chi connectivity index (χ0v) is 14.7. The third-order valence-corrected chi connectivity index (χ3v) is 4.95. The van der Waals surface area contributed by atoms with E-state index in [2.05, 4.69) is 69.1 Å². The molecule has 0 spiro atoms. The quantitative estimate of drug-likeness (QED) is 0.513. The number of para-hydroxylation sites is 1. The van der Waals surface area contributed by atoms with Gasteiger partial charge in [-0.15, -0.1) is 0 Å². The van der Waals surface area contributed by atoms with E-state index in [-0.39, 0.29) is 0 Å². The molecule has 5 aromatic rings. The number of nitrogens with two attached hydrogens (primary N) is 1. The maximum Gasteiger partial charge on any atom is 0.108 e. The van der Waals surface area contributed by atoms with Gasteiger partial charge in [-0.05, 0) is 34.9 Å². The average Bonchev–Trinajstić information content (AvgIpc) is 3.18. The molecule has 0 fully saturated rings. The molecule has 0 aliphatic carbocycles. The monoisotopic (exact) mass is 350 g/mol. The summed E-state index contributed by atoms with van der Waals surface area (Å²) in [6.07, 6.45) is 3.69. The van der Waals surface area contributed by atoms with Gasteiger partial charge in [0.2, 0.25) is 0 Å². The molecule has 0 amide bonds. The Hall–Kier alpha value is -3.50. The van der Waals surface area contributed by atoms with Crippen molar-refractivity contribution in [2.45, 2.75) is 6.54 Å². The minimum Gasteiger partial charge on any atom is -0.326 e. The Bertz CT molecular complexity index is 1260. The lowest BCUT2D eigenvalue weighted by Gasteiger charge is -2.11. The van der Waals surface area contributed by atoms with Crippen LogP contribution >= 0.6 is 0 Å². The lowest BCUT2D eigenvalue weighted by atomic mass is 10.0. The summed E-state index contributed by atoms with van der Waals surface area (Å²) in [6, 6.07) is 24.9. The second-order valence-electron chi connectivity index (χ2n) is 6.54. The molecule has 0 radical (unpaired) electrons. The van der Waals surface area contributed by atoms with E-state index >= 15 is 0 Å². The van der Waals surface area contributed by atoms with Gasteiger partial charge in [-0.25, -0.2) is 4.98 Å². The normalized spacial score (nSPS) is 11.3. The summed E-state index contributed by atoms with van der Waals surface area (Å²) < 4.78 is 2.12. The molecule has 0 bridgehead atoms. The molecule has 0 saturated heterocycles. The highest BCUT2D eigenvalue weighted by Gasteiger charge is 2.12. The fourth-order valence-corrected chi connectivity index (χ4v) is 3.60. The first-order valence-electron chi connectivity index (χ1n) is 8.95. The van der Waals surface area contributed by atoms with Gasteiger partial charge in [-0.1, -0.05) is 54.6 Å². The number of imidazole rings is 1. The van der Waals surface area contributed by atoms with Crippen molar-refractivity contribution in [2.24, 2.45) is 5.73 Å². The first-order chi connectivity index (χ1) is 13.3. The Balaban J connectivity index is 1.82. The van der Waals surface area contributed by atoms with Gasteiger partial charge in [-0.3, -0.25) is 9.55 Å². The maximum absolute atomic E-state index is 5.97. The van der Waals surface area contributed by atoms with Crippen molar-refractivity contribution in [1.82, 2.24) is 14.5 Å². The number of nitrogens with zero attached hydrogens (tertiary/aromatic N) is 3. The van der Waals surface area contributed by atoms with Crippen LogP contribution < -0.4 is 5.73 Å². The Morgan fingerprint density at radius 2 is 1.59 bits per heavy atom. The number of rotatable bonds is 3. The largest absolute Gasteiger partial charge is 0.326 e. The van der Waals surface area contributed by atoms with Crippen LogP contribution in [-0.4, -0.2) is 14.5 Å². The Morgan fingerprint density at radius 3 is 2.44 bits per heavy atom. The van der Waals surface area contributed by atoms with Crippen LogP contribution in [0.2, 0.25) is 0 Å². The van der Waals surface area contributed by atoms with Crippen molar-refractivity contribution in [3.63, 3.8) is 0 Å². The minimum absolute atomic E-state index is 0.480.